The maximum absolute atomic E-state index is 6.26. The first-order chi connectivity index (χ1) is 12.2. The molecule has 1 N–H and O–H groups in total. The van der Waals surface area contributed by atoms with Crippen LogP contribution in [0, 0.1) is 6.92 Å². The molecule has 2 aromatic heterocycles. The summed E-state index contributed by atoms with van der Waals surface area (Å²) in [5.74, 6) is 1.37. The maximum Gasteiger partial charge on any atom is 0.184 e. The Balaban J connectivity index is 1.62. The molecule has 0 unspecified atom stereocenters. The lowest BCUT2D eigenvalue weighted by Crippen LogP contribution is -2.19. The van der Waals surface area contributed by atoms with Crippen molar-refractivity contribution in [2.45, 2.75) is 32.4 Å². The van der Waals surface area contributed by atoms with Crippen molar-refractivity contribution in [1.29, 1.82) is 0 Å². The molecule has 0 radical (unpaired) electrons. The van der Waals surface area contributed by atoms with Crippen LogP contribution in [-0.2, 0) is 11.3 Å². The Morgan fingerprint density at radius 2 is 2.20 bits per heavy atom. The average molecular weight is 359 g/mol. The zero-order valence-electron chi connectivity index (χ0n) is 13.9. The van der Waals surface area contributed by atoms with Gasteiger partial charge >= 0.3 is 0 Å². The molecule has 0 saturated carbocycles. The lowest BCUT2D eigenvalue weighted by molar-refractivity contribution is 0.120. The molecule has 0 amide bonds. The number of ether oxygens (including phenoxy) is 1. The largest absolute Gasteiger partial charge is 0.376 e. The molecule has 1 aliphatic rings. The van der Waals surface area contributed by atoms with Gasteiger partial charge in [-0.1, -0.05) is 35.0 Å². The number of benzene rings is 1. The standard InChI is InChI=1S/C17H19ClN6O/c1-11-20-16(19-9-13-6-4-8-25-13)15-17(21-11)24(23-22-15)10-12-5-2-3-7-14(12)18/h2-3,5,7,13H,4,6,8-10H2,1H3,(H,19,20,21)/t13-/m1/s1. The third-order valence-corrected chi connectivity index (χ3v) is 4.64. The van der Waals surface area contributed by atoms with E-state index in [9.17, 15) is 0 Å². The predicted molar refractivity (Wildman–Crippen MR) is 95.9 cm³/mol. The number of anilines is 1. The van der Waals surface area contributed by atoms with Gasteiger partial charge in [0, 0.05) is 18.2 Å². The number of fused-ring (bicyclic) bond motifs is 1. The van der Waals surface area contributed by atoms with Crippen molar-refractivity contribution in [3.63, 3.8) is 0 Å². The van der Waals surface area contributed by atoms with Crippen LogP contribution in [0.4, 0.5) is 5.82 Å². The van der Waals surface area contributed by atoms with Gasteiger partial charge in [-0.3, -0.25) is 0 Å². The minimum Gasteiger partial charge on any atom is -0.376 e. The predicted octanol–water partition coefficient (Wildman–Crippen LogP) is 2.82. The Morgan fingerprint density at radius 1 is 1.32 bits per heavy atom. The van der Waals surface area contributed by atoms with Crippen LogP contribution in [0.1, 0.15) is 24.2 Å². The Kier molecular flexibility index (Phi) is 4.50. The number of nitrogens with one attached hydrogen (secondary N) is 1. The SMILES string of the molecule is Cc1nc(NC[C@H]2CCCO2)c2nnn(Cc3ccccc3Cl)c2n1. The van der Waals surface area contributed by atoms with Gasteiger partial charge in [-0.25, -0.2) is 14.6 Å². The third kappa shape index (κ3) is 3.43. The van der Waals surface area contributed by atoms with Crippen LogP contribution in [0.15, 0.2) is 24.3 Å². The van der Waals surface area contributed by atoms with Crippen LogP contribution in [-0.4, -0.2) is 44.2 Å². The maximum atomic E-state index is 6.26. The Morgan fingerprint density at radius 3 is 3.00 bits per heavy atom. The minimum atomic E-state index is 0.225. The Hall–Kier alpha value is -2.25. The second-order valence-electron chi connectivity index (χ2n) is 6.15. The van der Waals surface area contributed by atoms with Crippen LogP contribution in [0.25, 0.3) is 11.2 Å². The zero-order chi connectivity index (χ0) is 17.2. The van der Waals surface area contributed by atoms with Crippen LogP contribution in [0.3, 0.4) is 0 Å². The highest BCUT2D eigenvalue weighted by Crippen LogP contribution is 2.22. The lowest BCUT2D eigenvalue weighted by atomic mass is 10.2. The van der Waals surface area contributed by atoms with Crippen molar-refractivity contribution in [3.8, 4) is 0 Å². The van der Waals surface area contributed by atoms with Gasteiger partial charge in [0.15, 0.2) is 17.0 Å². The van der Waals surface area contributed by atoms with Gasteiger partial charge in [0.05, 0.1) is 12.6 Å². The van der Waals surface area contributed by atoms with Crippen molar-refractivity contribution in [2.24, 2.45) is 0 Å². The first-order valence-electron chi connectivity index (χ1n) is 8.37. The number of halogens is 1. The molecule has 1 saturated heterocycles. The van der Waals surface area contributed by atoms with Crippen LogP contribution in [0.2, 0.25) is 5.02 Å². The molecule has 1 fully saturated rings. The van der Waals surface area contributed by atoms with Crippen LogP contribution >= 0.6 is 11.6 Å². The minimum absolute atomic E-state index is 0.225. The third-order valence-electron chi connectivity index (χ3n) is 4.27. The van der Waals surface area contributed by atoms with Crippen molar-refractivity contribution in [3.05, 3.63) is 40.7 Å². The van der Waals surface area contributed by atoms with Crippen LogP contribution < -0.4 is 5.32 Å². The molecule has 0 aliphatic carbocycles. The van der Waals surface area contributed by atoms with E-state index in [0.29, 0.717) is 40.9 Å². The summed E-state index contributed by atoms with van der Waals surface area (Å²) in [5.41, 5.74) is 2.33. The quantitative estimate of drug-likeness (QED) is 0.755. The van der Waals surface area contributed by atoms with Gasteiger partial charge in [0.25, 0.3) is 0 Å². The highest BCUT2D eigenvalue weighted by Gasteiger charge is 2.18. The topological polar surface area (TPSA) is 77.8 Å². The van der Waals surface area contributed by atoms with E-state index in [1.54, 1.807) is 4.68 Å². The van der Waals surface area contributed by atoms with Crippen molar-refractivity contribution in [1.82, 2.24) is 25.0 Å². The van der Waals surface area contributed by atoms with E-state index in [1.165, 1.54) is 0 Å². The molecule has 0 spiro atoms. The fraction of sp³-hybridized carbons (Fsp3) is 0.412. The highest BCUT2D eigenvalue weighted by molar-refractivity contribution is 6.31. The highest BCUT2D eigenvalue weighted by atomic mass is 35.5. The summed E-state index contributed by atoms with van der Waals surface area (Å²) in [6.45, 7) is 3.92. The average Bonchev–Trinajstić information content (AvgIpc) is 3.25. The number of hydrogen-bond donors (Lipinski definition) is 1. The molecule has 7 nitrogen and oxygen atoms in total. The second kappa shape index (κ2) is 6.93. The molecule has 130 valence electrons. The molecule has 1 atom stereocenters. The summed E-state index contributed by atoms with van der Waals surface area (Å²) in [6, 6.07) is 7.70. The molecule has 3 aromatic rings. The normalized spacial score (nSPS) is 17.3. The fourth-order valence-corrected chi connectivity index (χ4v) is 3.19. The zero-order valence-corrected chi connectivity index (χ0v) is 14.7. The number of rotatable bonds is 5. The van der Waals surface area contributed by atoms with E-state index >= 15 is 0 Å². The van der Waals surface area contributed by atoms with E-state index in [2.05, 4.69) is 25.6 Å². The molecule has 25 heavy (non-hydrogen) atoms. The fourth-order valence-electron chi connectivity index (χ4n) is 3.00. The number of aromatic nitrogens is 5. The first kappa shape index (κ1) is 16.2. The van der Waals surface area contributed by atoms with Gasteiger partial charge in [-0.2, -0.15) is 0 Å². The van der Waals surface area contributed by atoms with Gasteiger partial charge < -0.3 is 10.1 Å². The summed E-state index contributed by atoms with van der Waals surface area (Å²) in [5, 5.41) is 12.6. The Bertz CT molecular complexity index is 890. The Labute approximate surface area is 150 Å². The monoisotopic (exact) mass is 358 g/mol. The summed E-state index contributed by atoms with van der Waals surface area (Å²) in [6.07, 6.45) is 2.40. The number of hydrogen-bond acceptors (Lipinski definition) is 6. The molecular formula is C17H19ClN6O. The van der Waals surface area contributed by atoms with Gasteiger partial charge in [-0.15, -0.1) is 5.10 Å². The van der Waals surface area contributed by atoms with Gasteiger partial charge in [0.1, 0.15) is 5.82 Å². The summed E-state index contributed by atoms with van der Waals surface area (Å²) in [7, 11) is 0. The lowest BCUT2D eigenvalue weighted by Gasteiger charge is -2.11. The van der Waals surface area contributed by atoms with Crippen LogP contribution in [0.5, 0.6) is 0 Å². The van der Waals surface area contributed by atoms with Crippen molar-refractivity contribution < 1.29 is 4.74 Å². The molecular weight excluding hydrogens is 340 g/mol. The first-order valence-corrected chi connectivity index (χ1v) is 8.75. The molecule has 0 bridgehead atoms. The summed E-state index contributed by atoms with van der Waals surface area (Å²) in [4.78, 5) is 8.99. The van der Waals surface area contributed by atoms with E-state index in [1.807, 2.05) is 31.2 Å². The molecule has 3 heterocycles. The van der Waals surface area contributed by atoms with Crippen molar-refractivity contribution in [2.75, 3.05) is 18.5 Å². The molecule has 1 aliphatic heterocycles. The van der Waals surface area contributed by atoms with Crippen molar-refractivity contribution >= 4 is 28.6 Å². The van der Waals surface area contributed by atoms with Gasteiger partial charge in [0.2, 0.25) is 0 Å². The van der Waals surface area contributed by atoms with Gasteiger partial charge in [-0.05, 0) is 31.4 Å². The number of aryl methyl sites for hydroxylation is 1. The number of nitrogens with zero attached hydrogens (tertiary/aromatic N) is 5. The summed E-state index contributed by atoms with van der Waals surface area (Å²) < 4.78 is 7.41. The van der Waals surface area contributed by atoms with E-state index in [0.717, 1.165) is 25.0 Å². The second-order valence-corrected chi connectivity index (χ2v) is 6.55. The molecule has 8 heteroatoms. The van der Waals surface area contributed by atoms with E-state index < -0.39 is 0 Å². The molecule has 4 rings (SSSR count). The smallest absolute Gasteiger partial charge is 0.184 e. The summed E-state index contributed by atoms with van der Waals surface area (Å²) >= 11 is 6.26. The van der Waals surface area contributed by atoms with E-state index in [-0.39, 0.29) is 6.10 Å². The molecule has 1 aromatic carbocycles. The van der Waals surface area contributed by atoms with E-state index in [4.69, 9.17) is 16.3 Å².